The van der Waals surface area contributed by atoms with Crippen molar-refractivity contribution in [1.29, 1.82) is 0 Å². The summed E-state index contributed by atoms with van der Waals surface area (Å²) in [6.07, 6.45) is 6.56. The van der Waals surface area contributed by atoms with Gasteiger partial charge in [-0.15, -0.1) is 0 Å². The van der Waals surface area contributed by atoms with E-state index in [1.54, 1.807) is 18.4 Å². The summed E-state index contributed by atoms with van der Waals surface area (Å²) in [4.78, 5) is 22.8. The summed E-state index contributed by atoms with van der Waals surface area (Å²) in [6, 6.07) is 0. The van der Waals surface area contributed by atoms with E-state index in [1.807, 2.05) is 19.0 Å². The first-order valence-electron chi connectivity index (χ1n) is 3.89. The SMILES string of the molecule is CN(C)/C=C1\C=C(C=O)C=C1C=O. The lowest BCUT2D eigenvalue weighted by Gasteiger charge is -2.05. The van der Waals surface area contributed by atoms with Crippen molar-refractivity contribution in [3.05, 3.63) is 35.1 Å². The summed E-state index contributed by atoms with van der Waals surface area (Å²) >= 11 is 0. The fourth-order valence-corrected chi connectivity index (χ4v) is 1.13. The van der Waals surface area contributed by atoms with Gasteiger partial charge in [0.1, 0.15) is 6.29 Å². The Morgan fingerprint density at radius 3 is 2.31 bits per heavy atom. The summed E-state index contributed by atoms with van der Waals surface area (Å²) in [5.74, 6) is 0. The summed E-state index contributed by atoms with van der Waals surface area (Å²) in [5, 5.41) is 0. The van der Waals surface area contributed by atoms with E-state index in [1.165, 1.54) is 0 Å². The third-order valence-corrected chi connectivity index (χ3v) is 1.64. The van der Waals surface area contributed by atoms with E-state index in [0.29, 0.717) is 11.1 Å². The molecule has 13 heavy (non-hydrogen) atoms. The van der Waals surface area contributed by atoms with Gasteiger partial charge in [-0.05, 0) is 12.2 Å². The smallest absolute Gasteiger partial charge is 0.150 e. The third-order valence-electron chi connectivity index (χ3n) is 1.64. The molecule has 0 radical (unpaired) electrons. The maximum absolute atomic E-state index is 10.6. The van der Waals surface area contributed by atoms with E-state index in [9.17, 15) is 9.59 Å². The van der Waals surface area contributed by atoms with Gasteiger partial charge in [0.15, 0.2) is 6.29 Å². The zero-order valence-electron chi connectivity index (χ0n) is 7.65. The van der Waals surface area contributed by atoms with Crippen LogP contribution in [0.2, 0.25) is 0 Å². The van der Waals surface area contributed by atoms with E-state index in [-0.39, 0.29) is 0 Å². The standard InChI is InChI=1S/C10H11NO2/c1-11(2)5-9-3-8(6-12)4-10(9)7-13/h3-7H,1-2H3/b9-5+. The Morgan fingerprint density at radius 2 is 1.85 bits per heavy atom. The van der Waals surface area contributed by atoms with Crippen LogP contribution in [0.3, 0.4) is 0 Å². The van der Waals surface area contributed by atoms with Crippen LogP contribution in [0.4, 0.5) is 0 Å². The summed E-state index contributed by atoms with van der Waals surface area (Å²) < 4.78 is 0. The normalized spacial score (nSPS) is 18.2. The van der Waals surface area contributed by atoms with Crippen LogP contribution in [0.5, 0.6) is 0 Å². The molecule has 1 rings (SSSR count). The van der Waals surface area contributed by atoms with Gasteiger partial charge in [0.05, 0.1) is 0 Å². The molecule has 0 fully saturated rings. The highest BCUT2D eigenvalue weighted by molar-refractivity contribution is 5.92. The first kappa shape index (κ1) is 9.45. The van der Waals surface area contributed by atoms with Gasteiger partial charge in [-0.2, -0.15) is 0 Å². The highest BCUT2D eigenvalue weighted by Gasteiger charge is 2.10. The fourth-order valence-electron chi connectivity index (χ4n) is 1.13. The maximum Gasteiger partial charge on any atom is 0.150 e. The molecule has 1 aliphatic carbocycles. The molecule has 0 aromatic carbocycles. The quantitative estimate of drug-likeness (QED) is 0.595. The van der Waals surface area contributed by atoms with E-state index in [0.717, 1.165) is 18.1 Å². The number of allylic oxidation sites excluding steroid dienone is 5. The average molecular weight is 177 g/mol. The fraction of sp³-hybridized carbons (Fsp3) is 0.200. The van der Waals surface area contributed by atoms with Crippen molar-refractivity contribution in [2.24, 2.45) is 0 Å². The molecule has 0 unspecified atom stereocenters. The molecule has 0 saturated carbocycles. The van der Waals surface area contributed by atoms with Crippen molar-refractivity contribution < 1.29 is 9.59 Å². The summed E-state index contributed by atoms with van der Waals surface area (Å²) in [7, 11) is 3.73. The van der Waals surface area contributed by atoms with Gasteiger partial charge in [-0.3, -0.25) is 9.59 Å². The third kappa shape index (κ3) is 2.15. The van der Waals surface area contributed by atoms with Crippen LogP contribution >= 0.6 is 0 Å². The molecule has 0 bridgehead atoms. The van der Waals surface area contributed by atoms with Crippen molar-refractivity contribution in [1.82, 2.24) is 4.90 Å². The zero-order valence-corrected chi connectivity index (χ0v) is 7.65. The molecule has 3 nitrogen and oxygen atoms in total. The molecule has 0 heterocycles. The van der Waals surface area contributed by atoms with Crippen molar-refractivity contribution in [3.63, 3.8) is 0 Å². The lowest BCUT2D eigenvalue weighted by molar-refractivity contribution is -0.105. The average Bonchev–Trinajstić information content (AvgIpc) is 2.46. The number of nitrogens with zero attached hydrogens (tertiary/aromatic N) is 1. The molecule has 3 heteroatoms. The van der Waals surface area contributed by atoms with E-state index in [4.69, 9.17) is 0 Å². The lowest BCUT2D eigenvalue weighted by Crippen LogP contribution is -2.02. The van der Waals surface area contributed by atoms with E-state index < -0.39 is 0 Å². The molecule has 0 aromatic heterocycles. The number of carbonyl (C=O) groups excluding carboxylic acids is 2. The minimum atomic E-state index is 0.537. The lowest BCUT2D eigenvalue weighted by atomic mass is 10.2. The molecule has 0 saturated heterocycles. The largest absolute Gasteiger partial charge is 0.383 e. The monoisotopic (exact) mass is 177 g/mol. The maximum atomic E-state index is 10.6. The molecule has 0 aliphatic heterocycles. The second-order valence-electron chi connectivity index (χ2n) is 3.03. The van der Waals surface area contributed by atoms with Gasteiger partial charge in [-0.1, -0.05) is 0 Å². The number of hydrogen-bond donors (Lipinski definition) is 0. The predicted molar refractivity (Wildman–Crippen MR) is 50.1 cm³/mol. The first-order valence-corrected chi connectivity index (χ1v) is 3.89. The predicted octanol–water partition coefficient (Wildman–Crippen LogP) is 0.696. The first-order chi connectivity index (χ1) is 6.17. The van der Waals surface area contributed by atoms with Crippen LogP contribution in [-0.2, 0) is 9.59 Å². The molecule has 1 aliphatic rings. The van der Waals surface area contributed by atoms with Gasteiger partial charge in [0.25, 0.3) is 0 Å². The van der Waals surface area contributed by atoms with Gasteiger partial charge < -0.3 is 4.90 Å². The second-order valence-corrected chi connectivity index (χ2v) is 3.03. The van der Waals surface area contributed by atoms with Gasteiger partial charge in [-0.25, -0.2) is 0 Å². The Morgan fingerprint density at radius 1 is 1.15 bits per heavy atom. The van der Waals surface area contributed by atoms with Gasteiger partial charge in [0, 0.05) is 37.0 Å². The van der Waals surface area contributed by atoms with Crippen molar-refractivity contribution in [3.8, 4) is 0 Å². The molecule has 0 amide bonds. The van der Waals surface area contributed by atoms with E-state index in [2.05, 4.69) is 0 Å². The molecule has 68 valence electrons. The van der Waals surface area contributed by atoms with Crippen LogP contribution in [-0.4, -0.2) is 31.6 Å². The van der Waals surface area contributed by atoms with Crippen LogP contribution in [0.1, 0.15) is 0 Å². The van der Waals surface area contributed by atoms with Crippen LogP contribution in [0.15, 0.2) is 35.1 Å². The van der Waals surface area contributed by atoms with Gasteiger partial charge in [0.2, 0.25) is 0 Å². The Balaban J connectivity index is 3.00. The van der Waals surface area contributed by atoms with Crippen LogP contribution in [0, 0.1) is 0 Å². The van der Waals surface area contributed by atoms with Crippen LogP contribution < -0.4 is 0 Å². The molecule has 0 spiro atoms. The topological polar surface area (TPSA) is 37.4 Å². The van der Waals surface area contributed by atoms with Crippen LogP contribution in [0.25, 0.3) is 0 Å². The Kier molecular flexibility index (Phi) is 2.80. The Hall–Kier alpha value is -1.64. The minimum Gasteiger partial charge on any atom is -0.383 e. The number of rotatable bonds is 3. The number of aldehydes is 2. The van der Waals surface area contributed by atoms with E-state index >= 15 is 0 Å². The highest BCUT2D eigenvalue weighted by Crippen LogP contribution is 2.20. The summed E-state index contributed by atoms with van der Waals surface area (Å²) in [6.45, 7) is 0. The van der Waals surface area contributed by atoms with Crippen molar-refractivity contribution >= 4 is 12.6 Å². The Bertz CT molecular complexity index is 322. The van der Waals surface area contributed by atoms with Gasteiger partial charge >= 0.3 is 0 Å². The molecular weight excluding hydrogens is 166 g/mol. The molecule has 0 N–H and O–H groups in total. The van der Waals surface area contributed by atoms with Crippen molar-refractivity contribution in [2.75, 3.05) is 14.1 Å². The second kappa shape index (κ2) is 3.85. The molecular formula is C10H11NO2. The molecule has 0 aromatic rings. The summed E-state index contributed by atoms with van der Waals surface area (Å²) in [5.41, 5.74) is 1.87. The highest BCUT2D eigenvalue weighted by atomic mass is 16.1. The number of hydrogen-bond acceptors (Lipinski definition) is 3. The zero-order chi connectivity index (χ0) is 9.84. The molecule has 0 atom stereocenters. The van der Waals surface area contributed by atoms with Crippen molar-refractivity contribution in [2.45, 2.75) is 0 Å². The minimum absolute atomic E-state index is 0.537. The Labute approximate surface area is 77.0 Å². The number of carbonyl (C=O) groups is 2.